The molecule has 3 nitrogen and oxygen atoms in total. The van der Waals surface area contributed by atoms with Gasteiger partial charge in [-0.25, -0.2) is 9.97 Å². The summed E-state index contributed by atoms with van der Waals surface area (Å²) in [6.07, 6.45) is 3.50. The monoisotopic (exact) mass is 314 g/mol. The van der Waals surface area contributed by atoms with Crippen LogP contribution < -0.4 is 4.74 Å². The van der Waals surface area contributed by atoms with Crippen LogP contribution in [0.4, 0.5) is 0 Å². The van der Waals surface area contributed by atoms with Crippen molar-refractivity contribution in [1.29, 1.82) is 0 Å². The molecule has 0 bridgehead atoms. The van der Waals surface area contributed by atoms with Gasteiger partial charge in [-0.1, -0.05) is 52.3 Å². The average molecular weight is 315 g/mol. The topological polar surface area (TPSA) is 35.0 Å². The molecule has 0 saturated heterocycles. The normalized spacial score (nSPS) is 10.6. The number of alkyl halides is 1. The first kappa shape index (κ1) is 12.1. The van der Waals surface area contributed by atoms with Crippen molar-refractivity contribution in [2.75, 3.05) is 0 Å². The summed E-state index contributed by atoms with van der Waals surface area (Å²) in [6.45, 7) is 0. The maximum atomic E-state index is 5.75. The first-order valence-electron chi connectivity index (χ1n) is 5.89. The van der Waals surface area contributed by atoms with Gasteiger partial charge in [0.1, 0.15) is 5.75 Å². The fourth-order valence-corrected chi connectivity index (χ4v) is 2.14. The third kappa shape index (κ3) is 2.58. The lowest BCUT2D eigenvalue weighted by Gasteiger charge is -2.07. The summed E-state index contributed by atoms with van der Waals surface area (Å²) in [5.74, 6) is 0.768. The lowest BCUT2D eigenvalue weighted by Crippen LogP contribution is -1.93. The molecule has 94 valence electrons. The van der Waals surface area contributed by atoms with Gasteiger partial charge in [-0.15, -0.1) is 0 Å². The van der Waals surface area contributed by atoms with Gasteiger partial charge >= 0.3 is 6.01 Å². The Morgan fingerprint density at radius 2 is 1.68 bits per heavy atom. The SMILES string of the molecule is BrCc1cnc(Oc2cccc3ccccc23)nc1. The number of hydrogen-bond acceptors (Lipinski definition) is 3. The molecule has 0 spiro atoms. The molecule has 0 aliphatic carbocycles. The van der Waals surface area contributed by atoms with Crippen molar-refractivity contribution in [1.82, 2.24) is 9.97 Å². The first-order chi connectivity index (χ1) is 9.36. The van der Waals surface area contributed by atoms with Gasteiger partial charge in [-0.05, 0) is 17.0 Å². The van der Waals surface area contributed by atoms with E-state index in [-0.39, 0.29) is 0 Å². The third-order valence-electron chi connectivity index (χ3n) is 2.79. The van der Waals surface area contributed by atoms with Crippen molar-refractivity contribution in [3.05, 3.63) is 60.4 Å². The van der Waals surface area contributed by atoms with E-state index in [2.05, 4.69) is 38.0 Å². The summed E-state index contributed by atoms with van der Waals surface area (Å²) >= 11 is 3.36. The van der Waals surface area contributed by atoms with Crippen LogP contribution in [0.3, 0.4) is 0 Å². The minimum absolute atomic E-state index is 0.362. The lowest BCUT2D eigenvalue weighted by atomic mass is 10.1. The number of fused-ring (bicyclic) bond motifs is 1. The molecular weight excluding hydrogens is 304 g/mol. The molecule has 0 unspecified atom stereocenters. The summed E-state index contributed by atoms with van der Waals surface area (Å²) in [5, 5.41) is 2.93. The highest BCUT2D eigenvalue weighted by Gasteiger charge is 2.04. The van der Waals surface area contributed by atoms with Crippen LogP contribution in [0.15, 0.2) is 54.9 Å². The van der Waals surface area contributed by atoms with E-state index < -0.39 is 0 Å². The number of halogens is 1. The average Bonchev–Trinajstić information content (AvgIpc) is 2.48. The Labute approximate surface area is 119 Å². The van der Waals surface area contributed by atoms with Crippen LogP contribution in [-0.2, 0) is 5.33 Å². The number of aromatic nitrogens is 2. The van der Waals surface area contributed by atoms with Crippen molar-refractivity contribution in [2.24, 2.45) is 0 Å². The summed E-state index contributed by atoms with van der Waals surface area (Å²) in [4.78, 5) is 8.38. The zero-order valence-corrected chi connectivity index (χ0v) is 11.7. The zero-order chi connectivity index (χ0) is 13.1. The quantitative estimate of drug-likeness (QED) is 0.675. The summed E-state index contributed by atoms with van der Waals surface area (Å²) in [7, 11) is 0. The van der Waals surface area contributed by atoms with Crippen LogP contribution >= 0.6 is 15.9 Å². The molecule has 0 atom stereocenters. The Kier molecular flexibility index (Phi) is 3.42. The maximum Gasteiger partial charge on any atom is 0.321 e. The minimum atomic E-state index is 0.362. The predicted molar refractivity (Wildman–Crippen MR) is 78.7 cm³/mol. The molecule has 0 aliphatic rings. The van der Waals surface area contributed by atoms with Gasteiger partial charge in [0, 0.05) is 23.1 Å². The van der Waals surface area contributed by atoms with Gasteiger partial charge in [0.05, 0.1) is 0 Å². The molecule has 0 radical (unpaired) electrons. The van der Waals surface area contributed by atoms with Gasteiger partial charge in [0.15, 0.2) is 0 Å². The molecule has 3 aromatic rings. The van der Waals surface area contributed by atoms with Gasteiger partial charge in [0.2, 0.25) is 0 Å². The van der Waals surface area contributed by atoms with Crippen molar-refractivity contribution in [3.63, 3.8) is 0 Å². The van der Waals surface area contributed by atoms with E-state index in [9.17, 15) is 0 Å². The number of nitrogens with zero attached hydrogens (tertiary/aromatic N) is 2. The summed E-state index contributed by atoms with van der Waals surface area (Å²) < 4.78 is 5.75. The molecule has 1 aromatic heterocycles. The van der Waals surface area contributed by atoms with Gasteiger partial charge in [-0.2, -0.15) is 0 Å². The Hall–Kier alpha value is -1.94. The second-order valence-corrected chi connectivity index (χ2v) is 4.65. The Bertz CT molecular complexity index is 693. The van der Waals surface area contributed by atoms with Gasteiger partial charge < -0.3 is 4.74 Å². The number of rotatable bonds is 3. The van der Waals surface area contributed by atoms with Crippen molar-refractivity contribution < 1.29 is 4.74 Å². The van der Waals surface area contributed by atoms with Gasteiger partial charge in [0.25, 0.3) is 0 Å². The Balaban J connectivity index is 1.96. The first-order valence-corrected chi connectivity index (χ1v) is 7.01. The van der Waals surface area contributed by atoms with Crippen molar-refractivity contribution >= 4 is 26.7 Å². The van der Waals surface area contributed by atoms with Crippen LogP contribution in [0.25, 0.3) is 10.8 Å². The fourth-order valence-electron chi connectivity index (χ4n) is 1.85. The number of ether oxygens (including phenoxy) is 1. The molecular formula is C15H11BrN2O. The molecule has 19 heavy (non-hydrogen) atoms. The summed E-state index contributed by atoms with van der Waals surface area (Å²) in [6, 6.07) is 14.4. The molecule has 0 amide bonds. The molecule has 0 aliphatic heterocycles. The highest BCUT2D eigenvalue weighted by atomic mass is 79.9. The Morgan fingerprint density at radius 3 is 2.47 bits per heavy atom. The third-order valence-corrected chi connectivity index (χ3v) is 3.43. The standard InChI is InChI=1S/C15H11BrN2O/c16-8-11-9-17-15(18-10-11)19-14-7-3-5-12-4-1-2-6-13(12)14/h1-7,9-10H,8H2. The van der Waals surface area contributed by atoms with Crippen molar-refractivity contribution in [3.8, 4) is 11.8 Å². The smallest absolute Gasteiger partial charge is 0.321 e. The highest BCUT2D eigenvalue weighted by Crippen LogP contribution is 2.28. The largest absolute Gasteiger partial charge is 0.424 e. The molecule has 1 heterocycles. The number of benzene rings is 2. The van der Waals surface area contributed by atoms with E-state index in [0.29, 0.717) is 6.01 Å². The second kappa shape index (κ2) is 5.36. The molecule has 3 rings (SSSR count). The molecule has 2 aromatic carbocycles. The van der Waals surface area contributed by atoms with E-state index in [1.165, 1.54) is 0 Å². The highest BCUT2D eigenvalue weighted by molar-refractivity contribution is 9.08. The fraction of sp³-hybridized carbons (Fsp3) is 0.0667. The Morgan fingerprint density at radius 1 is 0.947 bits per heavy atom. The van der Waals surface area contributed by atoms with Gasteiger partial charge in [-0.3, -0.25) is 0 Å². The van der Waals surface area contributed by atoms with Crippen LogP contribution in [-0.4, -0.2) is 9.97 Å². The van der Waals surface area contributed by atoms with Crippen LogP contribution in [0.1, 0.15) is 5.56 Å². The van der Waals surface area contributed by atoms with Crippen molar-refractivity contribution in [2.45, 2.75) is 5.33 Å². The predicted octanol–water partition coefficient (Wildman–Crippen LogP) is 4.32. The maximum absolute atomic E-state index is 5.75. The molecule has 0 saturated carbocycles. The minimum Gasteiger partial charge on any atom is -0.424 e. The zero-order valence-electron chi connectivity index (χ0n) is 10.1. The van der Waals surface area contributed by atoms with E-state index >= 15 is 0 Å². The van der Waals surface area contributed by atoms with Crippen LogP contribution in [0.2, 0.25) is 0 Å². The lowest BCUT2D eigenvalue weighted by molar-refractivity contribution is 0.446. The van der Waals surface area contributed by atoms with Crippen LogP contribution in [0.5, 0.6) is 11.8 Å². The molecule has 4 heteroatoms. The second-order valence-electron chi connectivity index (χ2n) is 4.09. The van der Waals surface area contributed by atoms with E-state index in [1.54, 1.807) is 12.4 Å². The summed E-state index contributed by atoms with van der Waals surface area (Å²) in [5.41, 5.74) is 1.02. The van der Waals surface area contributed by atoms with E-state index in [1.807, 2.05) is 30.3 Å². The van der Waals surface area contributed by atoms with E-state index in [4.69, 9.17) is 4.74 Å². The molecule has 0 N–H and O–H groups in total. The number of hydrogen-bond donors (Lipinski definition) is 0. The van der Waals surface area contributed by atoms with E-state index in [0.717, 1.165) is 27.4 Å². The van der Waals surface area contributed by atoms with Crippen LogP contribution in [0, 0.1) is 0 Å². The molecule has 0 fully saturated rings.